The summed E-state index contributed by atoms with van der Waals surface area (Å²) in [6.07, 6.45) is 4.99. The fourth-order valence-electron chi connectivity index (χ4n) is 9.03. The van der Waals surface area contributed by atoms with E-state index in [-0.39, 0.29) is 59.9 Å². The summed E-state index contributed by atoms with van der Waals surface area (Å²) in [4.78, 5) is 71.1. The van der Waals surface area contributed by atoms with Gasteiger partial charge in [-0.2, -0.15) is 0 Å². The van der Waals surface area contributed by atoms with Gasteiger partial charge in [-0.25, -0.2) is 9.97 Å². The first-order chi connectivity index (χ1) is 29.5. The molecular formula is C47H72N8O6S. The molecule has 1 fully saturated rings. The van der Waals surface area contributed by atoms with Gasteiger partial charge in [-0.3, -0.25) is 24.1 Å². The summed E-state index contributed by atoms with van der Waals surface area (Å²) in [6, 6.07) is 11.2. The van der Waals surface area contributed by atoms with E-state index in [9.17, 15) is 19.2 Å². The Hall–Kier alpha value is -4.44. The van der Waals surface area contributed by atoms with Crippen LogP contribution in [0.5, 0.6) is 0 Å². The number of methoxy groups -OCH3 is 2. The van der Waals surface area contributed by atoms with Crippen LogP contribution in [0.4, 0.5) is 5.82 Å². The van der Waals surface area contributed by atoms with Crippen molar-refractivity contribution < 1.29 is 28.7 Å². The fourth-order valence-corrected chi connectivity index (χ4v) is 9.72. The van der Waals surface area contributed by atoms with E-state index in [4.69, 9.17) is 15.2 Å². The Morgan fingerprint density at radius 1 is 0.919 bits per heavy atom. The first kappa shape index (κ1) is 50.2. The van der Waals surface area contributed by atoms with E-state index in [1.165, 1.54) is 11.3 Å². The van der Waals surface area contributed by atoms with Crippen LogP contribution in [-0.2, 0) is 41.6 Å². The van der Waals surface area contributed by atoms with Gasteiger partial charge in [-0.05, 0) is 67.3 Å². The molecule has 2 aromatic heterocycles. The smallest absolute Gasteiger partial charge is 0.245 e. The van der Waals surface area contributed by atoms with Gasteiger partial charge in [0.05, 0.1) is 48.7 Å². The van der Waals surface area contributed by atoms with E-state index in [1.54, 1.807) is 44.6 Å². The molecule has 15 heteroatoms. The van der Waals surface area contributed by atoms with Crippen molar-refractivity contribution in [2.24, 2.45) is 23.7 Å². The van der Waals surface area contributed by atoms with E-state index >= 15 is 0 Å². The lowest BCUT2D eigenvalue weighted by Gasteiger charge is -2.41. The highest BCUT2D eigenvalue weighted by atomic mass is 32.1. The molecule has 1 aliphatic heterocycles. The molecule has 0 bridgehead atoms. The molecule has 0 radical (unpaired) electrons. The van der Waals surface area contributed by atoms with Gasteiger partial charge in [0.2, 0.25) is 23.6 Å². The highest BCUT2D eigenvalue weighted by Gasteiger charge is 2.43. The highest BCUT2D eigenvalue weighted by Crippen LogP contribution is 2.31. The number of likely N-dealkylation sites (N-methyl/N-ethyl adjacent to an activating group) is 2. The molecule has 3 aromatic rings. The van der Waals surface area contributed by atoms with E-state index in [0.717, 1.165) is 29.0 Å². The second-order valence-corrected chi connectivity index (χ2v) is 18.6. The second-order valence-electron chi connectivity index (χ2n) is 17.6. The maximum absolute atomic E-state index is 14.6. The normalized spacial score (nSPS) is 18.2. The summed E-state index contributed by atoms with van der Waals surface area (Å²) in [5.41, 5.74) is 7.94. The molecule has 3 heterocycles. The minimum Gasteiger partial charge on any atom is -0.384 e. The maximum atomic E-state index is 14.6. The van der Waals surface area contributed by atoms with E-state index in [2.05, 4.69) is 34.4 Å². The average molecular weight is 877 g/mol. The first-order valence-corrected chi connectivity index (χ1v) is 23.0. The number of pyridine rings is 1. The van der Waals surface area contributed by atoms with Crippen LogP contribution in [0.15, 0.2) is 60.2 Å². The zero-order valence-electron chi connectivity index (χ0n) is 38.7. The topological polar surface area (TPSA) is 172 Å². The van der Waals surface area contributed by atoms with Crippen LogP contribution >= 0.6 is 11.3 Å². The number of amides is 4. The number of hydrogen-bond acceptors (Lipinski definition) is 11. The number of aromatic nitrogens is 2. The van der Waals surface area contributed by atoms with Crippen molar-refractivity contribution in [3.63, 3.8) is 0 Å². The Labute approximate surface area is 373 Å². The summed E-state index contributed by atoms with van der Waals surface area (Å²) in [7, 11) is 6.80. The Morgan fingerprint density at radius 3 is 2.21 bits per heavy atom. The van der Waals surface area contributed by atoms with Crippen LogP contribution in [0.1, 0.15) is 96.3 Å². The van der Waals surface area contributed by atoms with E-state index < -0.39 is 36.3 Å². The van der Waals surface area contributed by atoms with Crippen LogP contribution in [0.25, 0.3) is 0 Å². The summed E-state index contributed by atoms with van der Waals surface area (Å²) < 4.78 is 12.2. The molecule has 1 saturated heterocycles. The third-order valence-electron chi connectivity index (χ3n) is 12.5. The average Bonchev–Trinajstić information content (AvgIpc) is 3.96. The van der Waals surface area contributed by atoms with Crippen LogP contribution in [0.2, 0.25) is 0 Å². The Balaban J connectivity index is 1.48. The number of ether oxygens (including phenoxy) is 2. The number of nitrogens with one attached hydrogen (secondary N) is 2. The van der Waals surface area contributed by atoms with Gasteiger partial charge in [0.1, 0.15) is 16.9 Å². The second kappa shape index (κ2) is 23.9. The molecule has 4 amide bonds. The Kier molecular flexibility index (Phi) is 19.3. The highest BCUT2D eigenvalue weighted by molar-refractivity contribution is 7.09. The van der Waals surface area contributed by atoms with Gasteiger partial charge in [-0.15, -0.1) is 11.3 Å². The predicted molar refractivity (Wildman–Crippen MR) is 245 cm³/mol. The Bertz CT molecular complexity index is 1870. The maximum Gasteiger partial charge on any atom is 0.245 e. The van der Waals surface area contributed by atoms with Gasteiger partial charge in [0, 0.05) is 52.1 Å². The van der Waals surface area contributed by atoms with Crippen molar-refractivity contribution in [2.75, 3.05) is 40.6 Å². The molecule has 3 unspecified atom stereocenters. The van der Waals surface area contributed by atoms with Crippen molar-refractivity contribution in [2.45, 2.75) is 130 Å². The van der Waals surface area contributed by atoms with Crippen molar-refractivity contribution in [1.29, 1.82) is 0 Å². The molecule has 1 aliphatic rings. The SMILES string of the molecule is CC[C@H](C)[C@@H]([C@@H](CC(=O)N1CCCC1[C@H](OC)[C@@H](C)C(=O)N[C@@H](Cc1ccccc1)c1nccs1)OC)N(C)C(=O)C(NC(=O)C(C(C)C)N(C)Cc1ccnc(N)c1)C(C)C. The van der Waals surface area contributed by atoms with Crippen LogP contribution in [-0.4, -0.2) is 120 Å². The number of hydrogen-bond donors (Lipinski definition) is 3. The van der Waals surface area contributed by atoms with Crippen LogP contribution < -0.4 is 16.4 Å². The largest absolute Gasteiger partial charge is 0.384 e. The molecule has 0 aliphatic carbocycles. The number of carbonyl (C=O) groups excluding carboxylic acids is 4. The van der Waals surface area contributed by atoms with Crippen molar-refractivity contribution >= 4 is 40.8 Å². The predicted octanol–water partition coefficient (Wildman–Crippen LogP) is 5.74. The minimum absolute atomic E-state index is 0.0261. The number of nitrogens with zero attached hydrogens (tertiary/aromatic N) is 5. The standard InChI is InChI=1S/C47H72N8O6S/c1-12-31(6)42(54(9)47(59)40(29(2)3)52-45(58)41(30(4)5)53(8)28-34-20-21-49-38(48)26-34)37(60-10)27-39(56)55-23-16-19-36(55)43(61-11)32(7)44(57)51-35(46-50-22-24-62-46)25-33-17-14-13-15-18-33/h13-15,17-18,20-22,24,26,29-32,35-37,40-43H,12,16,19,23,25,27-28H2,1-11H3,(H2,48,49)(H,51,57)(H,52,58)/t31-,32+,35-,36?,37+,40?,41?,42-,43+/m0/s1. The molecule has 1 aromatic carbocycles. The number of nitrogens with two attached hydrogens (primary N) is 1. The molecule has 4 rings (SSSR count). The zero-order chi connectivity index (χ0) is 45.7. The molecule has 4 N–H and O–H groups in total. The molecule has 0 spiro atoms. The number of thiazole rings is 1. The molecule has 0 saturated carbocycles. The van der Waals surface area contributed by atoms with Crippen molar-refractivity contribution in [3.8, 4) is 0 Å². The molecule has 14 nitrogen and oxygen atoms in total. The van der Waals surface area contributed by atoms with Gasteiger partial charge in [0.15, 0.2) is 0 Å². The number of carbonyl (C=O) groups is 4. The van der Waals surface area contributed by atoms with Gasteiger partial charge in [0.25, 0.3) is 0 Å². The van der Waals surface area contributed by atoms with Gasteiger partial charge < -0.3 is 35.6 Å². The van der Waals surface area contributed by atoms with Crippen molar-refractivity contribution in [1.82, 2.24) is 35.3 Å². The summed E-state index contributed by atoms with van der Waals surface area (Å²) in [5.74, 6) is -1.27. The molecule has 342 valence electrons. The van der Waals surface area contributed by atoms with Crippen molar-refractivity contribution in [3.05, 3.63) is 76.4 Å². The lowest BCUT2D eigenvalue weighted by molar-refractivity contribution is -0.148. The summed E-state index contributed by atoms with van der Waals surface area (Å²) in [6.45, 7) is 14.8. The fraction of sp³-hybridized carbons (Fsp3) is 0.617. The molecular weight excluding hydrogens is 805 g/mol. The van der Waals surface area contributed by atoms with Gasteiger partial charge >= 0.3 is 0 Å². The van der Waals surface area contributed by atoms with E-state index in [1.807, 2.05) is 93.2 Å². The quantitative estimate of drug-likeness (QED) is 0.107. The molecule has 9 atom stereocenters. The first-order valence-electron chi connectivity index (χ1n) is 22.1. The number of nitrogen functional groups attached to an aromatic ring is 1. The Morgan fingerprint density at radius 2 is 1.63 bits per heavy atom. The molecule has 62 heavy (non-hydrogen) atoms. The lowest BCUT2D eigenvalue weighted by atomic mass is 9.89. The lowest BCUT2D eigenvalue weighted by Crippen LogP contribution is -2.60. The third-order valence-corrected chi connectivity index (χ3v) is 13.4. The number of anilines is 1. The minimum atomic E-state index is -0.820. The number of likely N-dealkylation sites (tertiary alicyclic amines) is 1. The monoisotopic (exact) mass is 877 g/mol. The van der Waals surface area contributed by atoms with Crippen LogP contribution in [0.3, 0.4) is 0 Å². The zero-order valence-corrected chi connectivity index (χ0v) is 39.6. The number of benzene rings is 1. The van der Waals surface area contributed by atoms with E-state index in [0.29, 0.717) is 31.7 Å². The summed E-state index contributed by atoms with van der Waals surface area (Å²) in [5, 5.41) is 9.08. The summed E-state index contributed by atoms with van der Waals surface area (Å²) >= 11 is 1.50. The van der Waals surface area contributed by atoms with Gasteiger partial charge in [-0.1, -0.05) is 85.2 Å². The number of rotatable bonds is 23. The third kappa shape index (κ3) is 13.1. The van der Waals surface area contributed by atoms with Crippen LogP contribution in [0, 0.1) is 23.7 Å².